The number of benzene rings is 2. The van der Waals surface area contributed by atoms with Gasteiger partial charge < -0.3 is 9.83 Å². The predicted octanol–water partition coefficient (Wildman–Crippen LogP) is 4.60. The van der Waals surface area contributed by atoms with Gasteiger partial charge in [0.15, 0.2) is 11.6 Å². The third-order valence-corrected chi connectivity index (χ3v) is 5.71. The fourth-order valence-electron chi connectivity index (χ4n) is 4.25. The fraction of sp³-hybridized carbons (Fsp3) is 0.217. The second-order valence-corrected chi connectivity index (χ2v) is 7.45. The van der Waals surface area contributed by atoms with E-state index >= 15 is 0 Å². The first-order chi connectivity index (χ1) is 13.8. The van der Waals surface area contributed by atoms with Gasteiger partial charge in [-0.3, -0.25) is 4.79 Å². The molecule has 1 fully saturated rings. The fourth-order valence-corrected chi connectivity index (χ4v) is 4.25. The molecule has 1 saturated carbocycles. The molecule has 5 rings (SSSR count). The monoisotopic (exact) mass is 370 g/mol. The molecule has 2 aromatic heterocycles. The molecule has 0 saturated heterocycles. The molecule has 5 nitrogen and oxygen atoms in total. The number of Topliss-reactive ketones (excluding diaryl/α,β-unsaturated/α-hetero) is 1. The lowest BCUT2D eigenvalue weighted by Gasteiger charge is -2.29. The van der Waals surface area contributed by atoms with Crippen LogP contribution < -0.4 is 10.9 Å². The summed E-state index contributed by atoms with van der Waals surface area (Å²) in [5, 5.41) is 0. The van der Waals surface area contributed by atoms with E-state index in [0.717, 1.165) is 53.6 Å². The molecule has 2 N–H and O–H groups in total. The highest BCUT2D eigenvalue weighted by Crippen LogP contribution is 2.33. The van der Waals surface area contributed by atoms with Crippen LogP contribution in [0.1, 0.15) is 36.0 Å². The summed E-state index contributed by atoms with van der Waals surface area (Å²) in [6, 6.07) is 21.7. The van der Waals surface area contributed by atoms with Gasteiger partial charge in [0.05, 0.1) is 22.1 Å². The molecular formula is C23H22N4O. The van der Waals surface area contributed by atoms with Gasteiger partial charge in [-0.1, -0.05) is 55.3 Å². The van der Waals surface area contributed by atoms with Crippen LogP contribution in [0.15, 0.2) is 72.9 Å². The molecule has 2 heterocycles. The van der Waals surface area contributed by atoms with Crippen LogP contribution in [-0.2, 0) is 0 Å². The summed E-state index contributed by atoms with van der Waals surface area (Å²) in [6.07, 6.45) is 5.75. The van der Waals surface area contributed by atoms with Crippen molar-refractivity contribution in [1.29, 1.82) is 0 Å². The molecule has 28 heavy (non-hydrogen) atoms. The number of ketones is 1. The number of para-hydroxylation sites is 2. The Morgan fingerprint density at radius 3 is 2.43 bits per heavy atom. The SMILES string of the molecule is O=C(c1ccccc1)C1(NNc2nc3ccccc3n3cccc23)CCCC1. The Balaban J connectivity index is 1.50. The van der Waals surface area contributed by atoms with E-state index in [1.807, 2.05) is 66.9 Å². The quantitative estimate of drug-likeness (QED) is 0.398. The number of nitrogens with zero attached hydrogens (tertiary/aromatic N) is 2. The average molecular weight is 370 g/mol. The van der Waals surface area contributed by atoms with Crippen LogP contribution in [0.4, 0.5) is 5.82 Å². The van der Waals surface area contributed by atoms with Crippen LogP contribution in [0.5, 0.6) is 0 Å². The number of hydrazine groups is 1. The molecule has 140 valence electrons. The average Bonchev–Trinajstić information content (AvgIpc) is 3.43. The standard InChI is InChI=1S/C23H22N4O/c28-21(17-9-2-1-3-10-17)23(14-6-7-15-23)26-25-22-20-13-8-16-27(20)19-12-5-4-11-18(19)24-22/h1-5,8-13,16,26H,6-7,14-15H2,(H,24,25). The lowest BCUT2D eigenvalue weighted by molar-refractivity contribution is 0.0862. The molecule has 0 unspecified atom stereocenters. The van der Waals surface area contributed by atoms with Crippen molar-refractivity contribution in [2.24, 2.45) is 0 Å². The van der Waals surface area contributed by atoms with Crippen molar-refractivity contribution in [3.63, 3.8) is 0 Å². The minimum Gasteiger partial charge on any atom is -0.312 e. The Hall–Kier alpha value is -3.18. The van der Waals surface area contributed by atoms with Gasteiger partial charge in [0.25, 0.3) is 0 Å². The Bertz CT molecular complexity index is 1140. The zero-order chi connectivity index (χ0) is 19.0. The highest BCUT2D eigenvalue weighted by atomic mass is 16.1. The highest BCUT2D eigenvalue weighted by molar-refractivity contribution is 6.03. The third-order valence-electron chi connectivity index (χ3n) is 5.71. The maximum Gasteiger partial charge on any atom is 0.184 e. The minimum absolute atomic E-state index is 0.144. The smallest absolute Gasteiger partial charge is 0.184 e. The number of anilines is 1. The maximum absolute atomic E-state index is 13.3. The summed E-state index contributed by atoms with van der Waals surface area (Å²) in [4.78, 5) is 18.1. The van der Waals surface area contributed by atoms with Crippen molar-refractivity contribution in [2.45, 2.75) is 31.2 Å². The summed E-state index contributed by atoms with van der Waals surface area (Å²) in [7, 11) is 0. The van der Waals surface area contributed by atoms with Crippen molar-refractivity contribution < 1.29 is 4.79 Å². The van der Waals surface area contributed by atoms with Gasteiger partial charge in [0.1, 0.15) is 0 Å². The normalized spacial score (nSPS) is 15.9. The molecule has 0 amide bonds. The van der Waals surface area contributed by atoms with E-state index in [2.05, 4.69) is 21.3 Å². The van der Waals surface area contributed by atoms with E-state index in [1.165, 1.54) is 0 Å². The lowest BCUT2D eigenvalue weighted by atomic mass is 9.88. The van der Waals surface area contributed by atoms with Gasteiger partial charge >= 0.3 is 0 Å². The maximum atomic E-state index is 13.3. The number of fused-ring (bicyclic) bond motifs is 3. The second kappa shape index (κ2) is 6.77. The van der Waals surface area contributed by atoms with Gasteiger partial charge in [0, 0.05) is 11.8 Å². The third kappa shape index (κ3) is 2.75. The first kappa shape index (κ1) is 17.0. The number of rotatable bonds is 5. The molecule has 0 bridgehead atoms. The minimum atomic E-state index is -0.599. The van der Waals surface area contributed by atoms with E-state index in [4.69, 9.17) is 4.98 Å². The molecule has 0 spiro atoms. The van der Waals surface area contributed by atoms with Crippen LogP contribution in [0.3, 0.4) is 0 Å². The number of aromatic nitrogens is 2. The molecule has 0 aliphatic heterocycles. The van der Waals surface area contributed by atoms with Crippen LogP contribution in [-0.4, -0.2) is 20.7 Å². The van der Waals surface area contributed by atoms with Gasteiger partial charge in [-0.15, -0.1) is 0 Å². The van der Waals surface area contributed by atoms with E-state index in [9.17, 15) is 4.79 Å². The van der Waals surface area contributed by atoms with Crippen molar-refractivity contribution >= 4 is 28.2 Å². The molecule has 2 aromatic carbocycles. The molecule has 4 aromatic rings. The summed E-state index contributed by atoms with van der Waals surface area (Å²) >= 11 is 0. The largest absolute Gasteiger partial charge is 0.312 e. The van der Waals surface area contributed by atoms with E-state index in [1.54, 1.807) is 0 Å². The van der Waals surface area contributed by atoms with Gasteiger partial charge in [-0.05, 0) is 37.1 Å². The molecule has 1 aliphatic carbocycles. The Morgan fingerprint density at radius 1 is 0.893 bits per heavy atom. The Morgan fingerprint density at radius 2 is 1.61 bits per heavy atom. The van der Waals surface area contributed by atoms with E-state index in [0.29, 0.717) is 0 Å². The first-order valence-electron chi connectivity index (χ1n) is 9.76. The molecule has 0 atom stereocenters. The van der Waals surface area contributed by atoms with Gasteiger partial charge in [0.2, 0.25) is 0 Å². The van der Waals surface area contributed by atoms with Gasteiger partial charge in [-0.2, -0.15) is 0 Å². The predicted molar refractivity (Wildman–Crippen MR) is 111 cm³/mol. The summed E-state index contributed by atoms with van der Waals surface area (Å²) < 4.78 is 2.12. The summed E-state index contributed by atoms with van der Waals surface area (Å²) in [5.74, 6) is 0.876. The Labute approximate surface area is 163 Å². The highest BCUT2D eigenvalue weighted by Gasteiger charge is 2.41. The summed E-state index contributed by atoms with van der Waals surface area (Å²) in [5.41, 5.74) is 9.77. The van der Waals surface area contributed by atoms with Crippen LogP contribution >= 0.6 is 0 Å². The zero-order valence-electron chi connectivity index (χ0n) is 15.6. The van der Waals surface area contributed by atoms with Crippen LogP contribution in [0.2, 0.25) is 0 Å². The Kier molecular flexibility index (Phi) is 4.10. The summed E-state index contributed by atoms with van der Waals surface area (Å²) in [6.45, 7) is 0. The molecule has 0 radical (unpaired) electrons. The number of carbonyl (C=O) groups excluding carboxylic acids is 1. The second-order valence-electron chi connectivity index (χ2n) is 7.45. The number of carbonyl (C=O) groups is 1. The first-order valence-corrected chi connectivity index (χ1v) is 9.76. The van der Waals surface area contributed by atoms with Crippen molar-refractivity contribution in [1.82, 2.24) is 14.8 Å². The molecular weight excluding hydrogens is 348 g/mol. The van der Waals surface area contributed by atoms with Crippen LogP contribution in [0, 0.1) is 0 Å². The number of nitrogens with one attached hydrogen (secondary N) is 2. The topological polar surface area (TPSA) is 58.4 Å². The van der Waals surface area contributed by atoms with Gasteiger partial charge in [-0.25, -0.2) is 10.4 Å². The number of hydrogen-bond donors (Lipinski definition) is 2. The molecule has 1 aliphatic rings. The number of hydrogen-bond acceptors (Lipinski definition) is 4. The van der Waals surface area contributed by atoms with Crippen molar-refractivity contribution in [3.8, 4) is 0 Å². The van der Waals surface area contributed by atoms with Crippen molar-refractivity contribution in [3.05, 3.63) is 78.5 Å². The van der Waals surface area contributed by atoms with Crippen LogP contribution in [0.25, 0.3) is 16.6 Å². The molecule has 5 heteroatoms. The van der Waals surface area contributed by atoms with Crippen molar-refractivity contribution in [2.75, 3.05) is 5.43 Å². The van der Waals surface area contributed by atoms with E-state index < -0.39 is 5.54 Å². The lowest BCUT2D eigenvalue weighted by Crippen LogP contribution is -2.52. The zero-order valence-corrected chi connectivity index (χ0v) is 15.6. The van der Waals surface area contributed by atoms with E-state index in [-0.39, 0.29) is 5.78 Å².